The normalized spacial score (nSPS) is 24.3. The minimum Gasteiger partial charge on any atom is -0.478 e. The van der Waals surface area contributed by atoms with Gasteiger partial charge in [0.1, 0.15) is 5.75 Å². The summed E-state index contributed by atoms with van der Waals surface area (Å²) in [4.78, 5) is 11.4. The smallest absolute Gasteiger partial charge is 0.349 e. The van der Waals surface area contributed by atoms with Gasteiger partial charge in [-0.2, -0.15) is 0 Å². The van der Waals surface area contributed by atoms with Gasteiger partial charge in [-0.1, -0.05) is 15.9 Å². The molecule has 92 valence electrons. The van der Waals surface area contributed by atoms with Crippen molar-refractivity contribution in [1.82, 2.24) is 5.32 Å². The average Bonchev–Trinajstić information content (AvgIpc) is 2.33. The van der Waals surface area contributed by atoms with Gasteiger partial charge in [-0.05, 0) is 37.2 Å². The molecule has 1 heterocycles. The molecule has 0 radical (unpaired) electrons. The Hall–Kier alpha value is -1.07. The topological polar surface area (TPSA) is 58.6 Å². The van der Waals surface area contributed by atoms with Gasteiger partial charge >= 0.3 is 5.97 Å². The number of nitrogens with one attached hydrogen (secondary N) is 1. The molecule has 1 aromatic rings. The molecular formula is C12H14BrNO3. The molecule has 2 N–H and O–H groups in total. The number of carbonyl (C=O) groups is 1. The minimum absolute atomic E-state index is 0.346. The molecular weight excluding hydrogens is 286 g/mol. The van der Waals surface area contributed by atoms with Crippen molar-refractivity contribution in [2.24, 2.45) is 0 Å². The highest BCUT2D eigenvalue weighted by molar-refractivity contribution is 9.10. The summed E-state index contributed by atoms with van der Waals surface area (Å²) in [6.45, 7) is 1.19. The van der Waals surface area contributed by atoms with Crippen LogP contribution in [0.1, 0.15) is 12.8 Å². The lowest BCUT2D eigenvalue weighted by Gasteiger charge is -2.34. The molecule has 0 bridgehead atoms. The lowest BCUT2D eigenvalue weighted by Crippen LogP contribution is -2.55. The molecule has 1 atom stereocenters. The number of hydrogen-bond acceptors (Lipinski definition) is 3. The fourth-order valence-electron chi connectivity index (χ4n) is 1.92. The van der Waals surface area contributed by atoms with E-state index in [9.17, 15) is 9.90 Å². The van der Waals surface area contributed by atoms with E-state index in [0.29, 0.717) is 18.7 Å². The van der Waals surface area contributed by atoms with Crippen LogP contribution in [0.25, 0.3) is 0 Å². The fraction of sp³-hybridized carbons (Fsp3) is 0.417. The maximum Gasteiger partial charge on any atom is 0.349 e. The van der Waals surface area contributed by atoms with Gasteiger partial charge in [0.15, 0.2) is 0 Å². The number of hydrogen-bond donors (Lipinski definition) is 2. The Bertz CT molecular complexity index is 399. The Balaban J connectivity index is 2.17. The van der Waals surface area contributed by atoms with Gasteiger partial charge in [-0.25, -0.2) is 4.79 Å². The summed E-state index contributed by atoms with van der Waals surface area (Å²) < 4.78 is 6.62. The maximum absolute atomic E-state index is 11.4. The Morgan fingerprint density at radius 2 is 2.12 bits per heavy atom. The maximum atomic E-state index is 11.4. The van der Waals surface area contributed by atoms with Gasteiger partial charge < -0.3 is 15.2 Å². The molecule has 0 aromatic heterocycles. The number of piperidine rings is 1. The molecule has 0 spiro atoms. The van der Waals surface area contributed by atoms with Gasteiger partial charge in [0.05, 0.1) is 0 Å². The Morgan fingerprint density at radius 3 is 2.65 bits per heavy atom. The zero-order valence-corrected chi connectivity index (χ0v) is 10.9. The van der Waals surface area contributed by atoms with E-state index < -0.39 is 11.6 Å². The first-order valence-corrected chi connectivity index (χ1v) is 6.30. The van der Waals surface area contributed by atoms with Gasteiger partial charge in [0.2, 0.25) is 5.60 Å². The standard InChI is InChI=1S/C12H14BrNO3/c13-9-2-4-10(5-3-9)17-12(11(15)16)6-1-7-14-8-12/h2-5,14H,1,6-8H2,(H,15,16). The first kappa shape index (κ1) is 12.4. The van der Waals surface area contributed by atoms with Crippen LogP contribution in [0.5, 0.6) is 5.75 Å². The van der Waals surface area contributed by atoms with Crippen LogP contribution < -0.4 is 10.1 Å². The number of carboxylic acid groups (broad SMARTS) is 1. The highest BCUT2D eigenvalue weighted by Gasteiger charge is 2.42. The Kier molecular flexibility index (Phi) is 3.69. The van der Waals surface area contributed by atoms with Crippen LogP contribution in [0.15, 0.2) is 28.7 Å². The van der Waals surface area contributed by atoms with Crippen LogP contribution in [0.3, 0.4) is 0 Å². The molecule has 0 saturated carbocycles. The van der Waals surface area contributed by atoms with Crippen molar-refractivity contribution in [3.05, 3.63) is 28.7 Å². The van der Waals surface area contributed by atoms with E-state index in [-0.39, 0.29) is 0 Å². The Morgan fingerprint density at radius 1 is 1.41 bits per heavy atom. The first-order chi connectivity index (χ1) is 8.12. The van der Waals surface area contributed by atoms with Crippen LogP contribution in [0.2, 0.25) is 0 Å². The molecule has 5 heteroatoms. The molecule has 1 saturated heterocycles. The predicted molar refractivity (Wildman–Crippen MR) is 67.2 cm³/mol. The van der Waals surface area contributed by atoms with Gasteiger partial charge in [0.25, 0.3) is 0 Å². The van der Waals surface area contributed by atoms with Gasteiger partial charge in [-0.3, -0.25) is 0 Å². The van der Waals surface area contributed by atoms with Crippen LogP contribution in [0.4, 0.5) is 0 Å². The molecule has 2 rings (SSSR count). The lowest BCUT2D eigenvalue weighted by molar-refractivity contribution is -0.156. The van der Waals surface area contributed by atoms with Crippen molar-refractivity contribution in [3.8, 4) is 5.75 Å². The van der Waals surface area contributed by atoms with Crippen molar-refractivity contribution >= 4 is 21.9 Å². The van der Waals surface area contributed by atoms with E-state index in [2.05, 4.69) is 21.2 Å². The van der Waals surface area contributed by atoms with E-state index in [1.165, 1.54) is 0 Å². The number of ether oxygens (including phenoxy) is 1. The number of aliphatic carboxylic acids is 1. The minimum atomic E-state index is -1.13. The largest absolute Gasteiger partial charge is 0.478 e. The fourth-order valence-corrected chi connectivity index (χ4v) is 2.18. The second kappa shape index (κ2) is 5.06. The van der Waals surface area contributed by atoms with Crippen LogP contribution >= 0.6 is 15.9 Å². The third kappa shape index (κ3) is 2.79. The Labute approximate surface area is 108 Å². The summed E-state index contributed by atoms with van der Waals surface area (Å²) in [5.41, 5.74) is -1.13. The number of carboxylic acids is 1. The third-order valence-electron chi connectivity index (χ3n) is 2.86. The molecule has 4 nitrogen and oxygen atoms in total. The molecule has 1 aliphatic heterocycles. The third-order valence-corrected chi connectivity index (χ3v) is 3.39. The summed E-state index contributed by atoms with van der Waals surface area (Å²) in [7, 11) is 0. The highest BCUT2D eigenvalue weighted by atomic mass is 79.9. The molecule has 0 aliphatic carbocycles. The number of rotatable bonds is 3. The second-order valence-electron chi connectivity index (χ2n) is 4.14. The van der Waals surface area contributed by atoms with Crippen molar-refractivity contribution in [3.63, 3.8) is 0 Å². The van der Waals surface area contributed by atoms with Crippen LogP contribution in [0, 0.1) is 0 Å². The van der Waals surface area contributed by atoms with E-state index in [4.69, 9.17) is 4.74 Å². The summed E-state index contributed by atoms with van der Waals surface area (Å²) in [5.74, 6) is -0.327. The molecule has 0 amide bonds. The van der Waals surface area contributed by atoms with Gasteiger partial charge in [0, 0.05) is 17.4 Å². The number of benzene rings is 1. The highest BCUT2D eigenvalue weighted by Crippen LogP contribution is 2.26. The summed E-state index contributed by atoms with van der Waals surface area (Å²) >= 11 is 3.33. The molecule has 1 aromatic carbocycles. The van der Waals surface area contributed by atoms with E-state index in [1.54, 1.807) is 12.1 Å². The first-order valence-electron chi connectivity index (χ1n) is 5.51. The summed E-state index contributed by atoms with van der Waals surface area (Å²) in [5, 5.41) is 12.4. The van der Waals surface area contributed by atoms with Crippen molar-refractivity contribution < 1.29 is 14.6 Å². The quantitative estimate of drug-likeness (QED) is 0.897. The number of halogens is 1. The zero-order valence-electron chi connectivity index (χ0n) is 9.28. The second-order valence-corrected chi connectivity index (χ2v) is 5.05. The SMILES string of the molecule is O=C(O)C1(Oc2ccc(Br)cc2)CCCNC1. The summed E-state index contributed by atoms with van der Waals surface area (Å²) in [6.07, 6.45) is 1.34. The molecule has 1 fully saturated rings. The predicted octanol–water partition coefficient (Wildman–Crippen LogP) is 2.03. The molecule has 17 heavy (non-hydrogen) atoms. The van der Waals surface area contributed by atoms with Crippen molar-refractivity contribution in [2.75, 3.05) is 13.1 Å². The van der Waals surface area contributed by atoms with Crippen molar-refractivity contribution in [1.29, 1.82) is 0 Å². The van der Waals surface area contributed by atoms with Crippen LogP contribution in [-0.2, 0) is 4.79 Å². The van der Waals surface area contributed by atoms with E-state index in [1.807, 2.05) is 12.1 Å². The van der Waals surface area contributed by atoms with E-state index >= 15 is 0 Å². The monoisotopic (exact) mass is 299 g/mol. The lowest BCUT2D eigenvalue weighted by atomic mass is 9.94. The van der Waals surface area contributed by atoms with E-state index in [0.717, 1.165) is 17.4 Å². The average molecular weight is 300 g/mol. The zero-order chi connectivity index (χ0) is 12.3. The van der Waals surface area contributed by atoms with Crippen LogP contribution in [-0.4, -0.2) is 29.8 Å². The van der Waals surface area contributed by atoms with Gasteiger partial charge in [-0.15, -0.1) is 0 Å². The summed E-state index contributed by atoms with van der Waals surface area (Å²) in [6, 6.07) is 7.20. The van der Waals surface area contributed by atoms with Crippen molar-refractivity contribution in [2.45, 2.75) is 18.4 Å². The molecule has 1 aliphatic rings. The molecule has 1 unspecified atom stereocenters.